The van der Waals surface area contributed by atoms with Crippen molar-refractivity contribution in [2.75, 3.05) is 11.9 Å². The summed E-state index contributed by atoms with van der Waals surface area (Å²) in [6, 6.07) is 16.7. The van der Waals surface area contributed by atoms with Gasteiger partial charge in [-0.25, -0.2) is 0 Å². The van der Waals surface area contributed by atoms with E-state index in [1.165, 1.54) is 0 Å². The van der Waals surface area contributed by atoms with Gasteiger partial charge < -0.3 is 14.6 Å². The summed E-state index contributed by atoms with van der Waals surface area (Å²) in [5.41, 5.74) is 1.49. The summed E-state index contributed by atoms with van der Waals surface area (Å²) in [7, 11) is 0. The van der Waals surface area contributed by atoms with Crippen LogP contribution in [-0.2, 0) is 20.7 Å². The molecule has 138 valence electrons. The molecule has 0 saturated carbocycles. The van der Waals surface area contributed by atoms with Gasteiger partial charge in [-0.15, -0.1) is 0 Å². The van der Waals surface area contributed by atoms with E-state index in [1.54, 1.807) is 6.07 Å². The highest BCUT2D eigenvalue weighted by atomic mass is 127. The molecule has 3 rings (SSSR count). The van der Waals surface area contributed by atoms with Gasteiger partial charge in [0.2, 0.25) is 11.7 Å². The second-order valence-corrected chi connectivity index (χ2v) is 6.84. The first-order valence-corrected chi connectivity index (χ1v) is 9.27. The van der Waals surface area contributed by atoms with E-state index in [9.17, 15) is 9.59 Å². The third-order valence-corrected chi connectivity index (χ3v) is 4.19. The first-order chi connectivity index (χ1) is 13.1. The number of ether oxygens (including phenoxy) is 1. The van der Waals surface area contributed by atoms with Crippen LogP contribution in [0, 0.1) is 3.57 Å². The van der Waals surface area contributed by atoms with Crippen LogP contribution in [0.25, 0.3) is 11.4 Å². The molecule has 1 heterocycles. The number of anilines is 1. The summed E-state index contributed by atoms with van der Waals surface area (Å²) in [4.78, 5) is 27.9. The van der Waals surface area contributed by atoms with Crippen molar-refractivity contribution in [3.05, 3.63) is 64.1 Å². The summed E-state index contributed by atoms with van der Waals surface area (Å²) < 4.78 is 11.1. The lowest BCUT2D eigenvalue weighted by molar-refractivity contribution is -0.147. The van der Waals surface area contributed by atoms with Gasteiger partial charge in [-0.1, -0.05) is 41.6 Å². The maximum Gasteiger partial charge on any atom is 0.306 e. The molecule has 0 spiro atoms. The van der Waals surface area contributed by atoms with Crippen molar-refractivity contribution in [3.63, 3.8) is 0 Å². The van der Waals surface area contributed by atoms with E-state index in [1.807, 2.05) is 48.5 Å². The van der Waals surface area contributed by atoms with Gasteiger partial charge in [-0.3, -0.25) is 9.59 Å². The Hall–Kier alpha value is -2.75. The molecule has 3 aromatic rings. The molecule has 0 atom stereocenters. The number of nitrogens with zero attached hydrogens (tertiary/aromatic N) is 2. The number of halogens is 1. The van der Waals surface area contributed by atoms with Crippen LogP contribution >= 0.6 is 22.6 Å². The molecule has 0 aliphatic rings. The Morgan fingerprint density at radius 2 is 1.93 bits per heavy atom. The monoisotopic (exact) mass is 477 g/mol. The highest BCUT2D eigenvalue weighted by Gasteiger charge is 2.12. The second kappa shape index (κ2) is 9.26. The van der Waals surface area contributed by atoms with Crippen LogP contribution in [0.4, 0.5) is 5.69 Å². The first kappa shape index (κ1) is 19.0. The number of aromatic nitrogens is 2. The van der Waals surface area contributed by atoms with Gasteiger partial charge in [-0.2, -0.15) is 4.98 Å². The number of hydrogen-bond acceptors (Lipinski definition) is 6. The predicted molar refractivity (Wildman–Crippen MR) is 107 cm³/mol. The fourth-order valence-corrected chi connectivity index (χ4v) is 2.79. The topological polar surface area (TPSA) is 94.3 Å². The van der Waals surface area contributed by atoms with Gasteiger partial charge >= 0.3 is 5.97 Å². The molecule has 27 heavy (non-hydrogen) atoms. The number of rotatable bonds is 7. The van der Waals surface area contributed by atoms with Gasteiger partial charge in [0.1, 0.15) is 0 Å². The van der Waals surface area contributed by atoms with Crippen LogP contribution in [0.15, 0.2) is 59.1 Å². The van der Waals surface area contributed by atoms with E-state index in [0.29, 0.717) is 17.4 Å². The molecule has 0 radical (unpaired) electrons. The standard InChI is InChI=1S/C19H16IN3O4/c20-14-7-4-8-15(11-14)21-16(24)12-26-18(25)10-9-17-22-19(23-27-17)13-5-2-1-3-6-13/h1-8,11H,9-10,12H2,(H,21,24). The minimum absolute atomic E-state index is 0.0486. The fourth-order valence-electron chi connectivity index (χ4n) is 2.25. The zero-order valence-electron chi connectivity index (χ0n) is 14.2. The molecule has 1 N–H and O–H groups in total. The number of hydrogen-bond donors (Lipinski definition) is 1. The summed E-state index contributed by atoms with van der Waals surface area (Å²) in [6.45, 7) is -0.344. The number of aryl methyl sites for hydroxylation is 1. The number of benzene rings is 2. The Bertz CT molecular complexity index is 927. The van der Waals surface area contributed by atoms with Crippen molar-refractivity contribution in [3.8, 4) is 11.4 Å². The van der Waals surface area contributed by atoms with Crippen LogP contribution in [0.2, 0.25) is 0 Å². The van der Waals surface area contributed by atoms with Crippen molar-refractivity contribution in [2.45, 2.75) is 12.8 Å². The summed E-state index contributed by atoms with van der Waals surface area (Å²) >= 11 is 2.15. The highest BCUT2D eigenvalue weighted by Crippen LogP contribution is 2.15. The molecule has 0 aliphatic heterocycles. The van der Waals surface area contributed by atoms with E-state index in [-0.39, 0.29) is 19.4 Å². The normalized spacial score (nSPS) is 10.4. The van der Waals surface area contributed by atoms with Crippen molar-refractivity contribution in [1.29, 1.82) is 0 Å². The van der Waals surface area contributed by atoms with Crippen molar-refractivity contribution >= 4 is 40.2 Å². The number of amides is 1. The Labute approximate surface area is 169 Å². The van der Waals surface area contributed by atoms with Crippen LogP contribution in [0.1, 0.15) is 12.3 Å². The van der Waals surface area contributed by atoms with Crippen molar-refractivity contribution in [2.24, 2.45) is 0 Å². The van der Waals surface area contributed by atoms with Crippen molar-refractivity contribution in [1.82, 2.24) is 10.1 Å². The van der Waals surface area contributed by atoms with Gasteiger partial charge in [0, 0.05) is 21.2 Å². The molecule has 8 heteroatoms. The van der Waals surface area contributed by atoms with Gasteiger partial charge in [0.15, 0.2) is 6.61 Å². The summed E-state index contributed by atoms with van der Waals surface area (Å²) in [6.07, 6.45) is 0.296. The SMILES string of the molecule is O=C(COC(=O)CCc1nc(-c2ccccc2)no1)Nc1cccc(I)c1. The van der Waals surface area contributed by atoms with Gasteiger partial charge in [0.25, 0.3) is 5.91 Å². The minimum Gasteiger partial charge on any atom is -0.456 e. The van der Waals surface area contributed by atoms with Crippen LogP contribution < -0.4 is 5.32 Å². The Morgan fingerprint density at radius 1 is 1.11 bits per heavy atom. The van der Waals surface area contributed by atoms with Crippen LogP contribution in [-0.4, -0.2) is 28.6 Å². The van der Waals surface area contributed by atoms with E-state index in [0.717, 1.165) is 9.13 Å². The largest absolute Gasteiger partial charge is 0.456 e. The molecule has 1 amide bonds. The molecular weight excluding hydrogens is 461 g/mol. The number of carbonyl (C=O) groups is 2. The Morgan fingerprint density at radius 3 is 2.70 bits per heavy atom. The minimum atomic E-state index is -0.507. The molecule has 0 aliphatic carbocycles. The average molecular weight is 477 g/mol. The zero-order chi connectivity index (χ0) is 19.1. The second-order valence-electron chi connectivity index (χ2n) is 5.60. The highest BCUT2D eigenvalue weighted by molar-refractivity contribution is 14.1. The van der Waals surface area contributed by atoms with Gasteiger partial charge in [-0.05, 0) is 40.8 Å². The summed E-state index contributed by atoms with van der Waals surface area (Å²) in [5, 5.41) is 6.56. The Balaban J connectivity index is 1.42. The third kappa shape index (κ3) is 5.88. The molecule has 0 saturated heterocycles. The third-order valence-electron chi connectivity index (χ3n) is 3.52. The lowest BCUT2D eigenvalue weighted by Gasteiger charge is -2.06. The predicted octanol–water partition coefficient (Wildman–Crippen LogP) is 3.46. The molecular formula is C19H16IN3O4. The maximum absolute atomic E-state index is 11.8. The lowest BCUT2D eigenvalue weighted by atomic mass is 10.2. The van der Waals surface area contributed by atoms with Crippen LogP contribution in [0.3, 0.4) is 0 Å². The molecule has 0 fully saturated rings. The first-order valence-electron chi connectivity index (χ1n) is 8.19. The molecule has 1 aromatic heterocycles. The fraction of sp³-hybridized carbons (Fsp3) is 0.158. The van der Waals surface area contributed by atoms with Crippen LogP contribution in [0.5, 0.6) is 0 Å². The molecule has 0 unspecified atom stereocenters. The quantitative estimate of drug-likeness (QED) is 0.414. The summed E-state index contributed by atoms with van der Waals surface area (Å²) in [5.74, 6) is -0.0910. The zero-order valence-corrected chi connectivity index (χ0v) is 16.4. The number of nitrogens with one attached hydrogen (secondary N) is 1. The number of esters is 1. The van der Waals surface area contributed by atoms with Crippen molar-refractivity contribution < 1.29 is 18.8 Å². The lowest BCUT2D eigenvalue weighted by Crippen LogP contribution is -2.21. The maximum atomic E-state index is 11.8. The van der Waals surface area contributed by atoms with E-state index in [4.69, 9.17) is 9.26 Å². The van der Waals surface area contributed by atoms with E-state index < -0.39 is 11.9 Å². The molecule has 0 bridgehead atoms. The van der Waals surface area contributed by atoms with E-state index in [2.05, 4.69) is 38.0 Å². The smallest absolute Gasteiger partial charge is 0.306 e. The molecule has 7 nitrogen and oxygen atoms in total. The van der Waals surface area contributed by atoms with E-state index >= 15 is 0 Å². The van der Waals surface area contributed by atoms with Gasteiger partial charge in [0.05, 0.1) is 6.42 Å². The average Bonchev–Trinajstić information content (AvgIpc) is 3.14. The Kier molecular flexibility index (Phi) is 6.53. The molecule has 2 aromatic carbocycles. The number of carbonyl (C=O) groups excluding carboxylic acids is 2.